The van der Waals surface area contributed by atoms with Gasteiger partial charge in [-0.15, -0.1) is 12.0 Å². The van der Waals surface area contributed by atoms with Crippen molar-refractivity contribution in [2.45, 2.75) is 0 Å². The van der Waals surface area contributed by atoms with Crippen molar-refractivity contribution >= 4 is 15.6 Å². The maximum absolute atomic E-state index is 2.66. The molecule has 0 N–H and O–H groups in total. The van der Waals surface area contributed by atoms with Gasteiger partial charge in [0.15, 0.2) is 0 Å². The van der Waals surface area contributed by atoms with E-state index in [4.69, 9.17) is 0 Å². The zero-order chi connectivity index (χ0) is 2.99. The Morgan fingerprint density at radius 2 is 1.75 bits per heavy atom. The van der Waals surface area contributed by atoms with Crippen molar-refractivity contribution in [2.24, 2.45) is 0 Å². The molecule has 2 heteroatoms. The van der Waals surface area contributed by atoms with Crippen LogP contribution in [0.25, 0.3) is 0 Å². The Kier molecular flexibility index (Phi) is 0.364. The Balaban J connectivity index is 2.32. The lowest BCUT2D eigenvalue weighted by molar-refractivity contribution is 2.81. The first-order valence-corrected chi connectivity index (χ1v) is 2.00. The average molecular weight is 69.8 g/mol. The molecule has 0 aromatic carbocycles. The first-order valence-electron chi connectivity index (χ1n) is 1.33. The fraction of sp³-hybridized carbons (Fsp3) is 0. The normalized spacial score (nSPS) is 17.8. The molecule has 4 heavy (non-hydrogen) atoms. The smallest absolute Gasteiger partial charge is 0.162 e. The van der Waals surface area contributed by atoms with E-state index in [1.54, 1.807) is 0 Å². The van der Waals surface area contributed by atoms with Crippen LogP contribution in [0.15, 0.2) is 12.0 Å². The monoisotopic (exact) mass is 70.0 g/mol. The summed E-state index contributed by atoms with van der Waals surface area (Å²) in [5.41, 5.74) is 0. The molecule has 0 bridgehead atoms. The molecular formula is C2H4BP. The van der Waals surface area contributed by atoms with E-state index in [1.165, 1.54) is 0 Å². The van der Waals surface area contributed by atoms with Gasteiger partial charge in [0.05, 0.1) is 0 Å². The van der Waals surface area contributed by atoms with Crippen molar-refractivity contribution in [3.05, 3.63) is 12.0 Å². The van der Waals surface area contributed by atoms with Crippen LogP contribution in [0, 0.1) is 0 Å². The second-order valence-corrected chi connectivity index (χ2v) is 1.73. The molecule has 0 amide bonds. The Bertz CT molecular complexity index is 44.0. The highest BCUT2D eigenvalue weighted by Gasteiger charge is 2.04. The number of rotatable bonds is 0. The van der Waals surface area contributed by atoms with Crippen molar-refractivity contribution in [1.29, 1.82) is 0 Å². The Labute approximate surface area is 28.5 Å². The highest BCUT2D eigenvalue weighted by Crippen LogP contribution is 2.08. The third-order valence-electron chi connectivity index (χ3n) is 0.415. The molecule has 0 saturated carbocycles. The van der Waals surface area contributed by atoms with Crippen LogP contribution in [0.3, 0.4) is 0 Å². The van der Waals surface area contributed by atoms with Crippen LogP contribution < -0.4 is 0 Å². The molecule has 0 aliphatic carbocycles. The zero-order valence-corrected chi connectivity index (χ0v) is 3.46. The van der Waals surface area contributed by atoms with Gasteiger partial charge in [-0.3, -0.25) is 0 Å². The van der Waals surface area contributed by atoms with Crippen LogP contribution in [0.5, 0.6) is 0 Å². The molecule has 1 aliphatic rings. The Hall–Kier alpha value is 0.235. The molecule has 1 atom stereocenters. The van der Waals surface area contributed by atoms with E-state index in [9.17, 15) is 0 Å². The van der Waals surface area contributed by atoms with Crippen molar-refractivity contribution in [2.75, 3.05) is 0 Å². The van der Waals surface area contributed by atoms with Crippen LogP contribution >= 0.6 is 9.12 Å². The molecule has 1 heterocycles. The lowest BCUT2D eigenvalue weighted by Crippen LogP contribution is -1.60. The summed E-state index contributed by atoms with van der Waals surface area (Å²) in [5.74, 6) is 4.26. The van der Waals surface area contributed by atoms with Gasteiger partial charge in [-0.2, -0.15) is 9.12 Å². The van der Waals surface area contributed by atoms with E-state index in [0.717, 1.165) is 6.43 Å². The standard InChI is InChI=1S/C2H4BP/c4-3-1-2-3/h1-2H,4H2. The molecule has 0 aromatic heterocycles. The fourth-order valence-corrected chi connectivity index (χ4v) is 0.192. The van der Waals surface area contributed by atoms with Gasteiger partial charge in [0, 0.05) is 0 Å². The summed E-state index contributed by atoms with van der Waals surface area (Å²) in [6, 6.07) is 0. The maximum Gasteiger partial charge on any atom is 0.213 e. The Morgan fingerprint density at radius 3 is 1.75 bits per heavy atom. The van der Waals surface area contributed by atoms with Crippen LogP contribution in [0.1, 0.15) is 0 Å². The highest BCUT2D eigenvalue weighted by molar-refractivity contribution is 7.67. The Morgan fingerprint density at radius 1 is 1.50 bits per heavy atom. The van der Waals surface area contributed by atoms with E-state index in [0.29, 0.717) is 0 Å². The summed E-state index contributed by atoms with van der Waals surface area (Å²) in [6.45, 7) is 0. The predicted octanol–water partition coefficient (Wildman–Crippen LogP) is 0.501. The molecule has 1 unspecified atom stereocenters. The van der Waals surface area contributed by atoms with E-state index in [2.05, 4.69) is 21.1 Å². The van der Waals surface area contributed by atoms with Crippen LogP contribution in [0.4, 0.5) is 0 Å². The molecule has 1 rings (SSSR count). The van der Waals surface area contributed by atoms with Crippen LogP contribution in [-0.2, 0) is 0 Å². The lowest BCUT2D eigenvalue weighted by Gasteiger charge is -1.50. The molecule has 0 spiro atoms. The van der Waals surface area contributed by atoms with E-state index < -0.39 is 0 Å². The molecule has 20 valence electrons. The SMILES string of the molecule is PB1C=C1. The van der Waals surface area contributed by atoms with Crippen molar-refractivity contribution in [3.63, 3.8) is 0 Å². The van der Waals surface area contributed by atoms with Gasteiger partial charge >= 0.3 is 0 Å². The molecule has 0 fully saturated rings. The van der Waals surface area contributed by atoms with Gasteiger partial charge in [0.2, 0.25) is 6.43 Å². The molecule has 0 aromatic rings. The topological polar surface area (TPSA) is 0 Å². The van der Waals surface area contributed by atoms with E-state index >= 15 is 0 Å². The van der Waals surface area contributed by atoms with Crippen LogP contribution in [-0.4, -0.2) is 6.43 Å². The first-order chi connectivity index (χ1) is 1.89. The van der Waals surface area contributed by atoms with Gasteiger partial charge < -0.3 is 0 Å². The first kappa shape index (κ1) is 2.47. The maximum atomic E-state index is 2.66. The molecule has 0 nitrogen and oxygen atoms in total. The molecular weight excluding hydrogens is 65.8 g/mol. The minimum atomic E-state index is 0.750. The third kappa shape index (κ3) is 0.326. The quantitative estimate of drug-likeness (QED) is 0.287. The number of hydrogen-bond acceptors (Lipinski definition) is 0. The second kappa shape index (κ2) is 0.590. The zero-order valence-electron chi connectivity index (χ0n) is 2.31. The average Bonchev–Trinajstić information content (AvgIpc) is 1.75. The molecule has 1 aliphatic heterocycles. The lowest BCUT2D eigenvalue weighted by atomic mass is 10.0. The van der Waals surface area contributed by atoms with Crippen LogP contribution in [0.2, 0.25) is 0 Å². The second-order valence-electron chi connectivity index (χ2n) is 0.962. The summed E-state index contributed by atoms with van der Waals surface area (Å²) in [4.78, 5) is 0. The van der Waals surface area contributed by atoms with Gasteiger partial charge in [0.25, 0.3) is 0 Å². The summed E-state index contributed by atoms with van der Waals surface area (Å²) < 4.78 is 0. The summed E-state index contributed by atoms with van der Waals surface area (Å²) >= 11 is 0. The fourth-order valence-electron chi connectivity index (χ4n) is 0.0642. The predicted molar refractivity (Wildman–Crippen MR) is 24.6 cm³/mol. The van der Waals surface area contributed by atoms with Gasteiger partial charge in [0.1, 0.15) is 0 Å². The third-order valence-corrected chi connectivity index (χ3v) is 0.859. The van der Waals surface area contributed by atoms with Gasteiger partial charge in [-0.1, -0.05) is 0 Å². The summed E-state index contributed by atoms with van der Waals surface area (Å²) in [6.07, 6.45) is 0.750. The molecule has 0 radical (unpaired) electrons. The highest BCUT2D eigenvalue weighted by atomic mass is 31.0. The minimum absolute atomic E-state index is 0.750. The van der Waals surface area contributed by atoms with E-state index in [-0.39, 0.29) is 0 Å². The summed E-state index contributed by atoms with van der Waals surface area (Å²) in [7, 11) is 2.66. The van der Waals surface area contributed by atoms with E-state index in [1.807, 2.05) is 0 Å². The number of hydrogen-bond donors (Lipinski definition) is 0. The van der Waals surface area contributed by atoms with Crippen molar-refractivity contribution < 1.29 is 0 Å². The molecule has 0 saturated heterocycles. The largest absolute Gasteiger partial charge is 0.213 e. The van der Waals surface area contributed by atoms with Gasteiger partial charge in [-0.05, 0) is 0 Å². The van der Waals surface area contributed by atoms with Gasteiger partial charge in [-0.25, -0.2) is 0 Å². The minimum Gasteiger partial charge on any atom is -0.162 e. The van der Waals surface area contributed by atoms with Crippen molar-refractivity contribution in [3.8, 4) is 0 Å². The summed E-state index contributed by atoms with van der Waals surface area (Å²) in [5, 5.41) is 0. The van der Waals surface area contributed by atoms with Crippen molar-refractivity contribution in [1.82, 2.24) is 0 Å².